The van der Waals surface area contributed by atoms with E-state index in [1.54, 1.807) is 0 Å². The number of nitrogens with one attached hydrogen (secondary N) is 1. The average Bonchev–Trinajstić information content (AvgIpc) is 2.90. The van der Waals surface area contributed by atoms with Crippen molar-refractivity contribution in [1.29, 1.82) is 0 Å². The van der Waals surface area contributed by atoms with Crippen LogP contribution in [0.1, 0.15) is 38.5 Å². The van der Waals surface area contributed by atoms with Gasteiger partial charge in [-0.05, 0) is 31.6 Å². The molecular weight excluding hydrogens is 274 g/mol. The van der Waals surface area contributed by atoms with Crippen LogP contribution in [0.3, 0.4) is 0 Å². The Kier molecular flexibility index (Phi) is 4.14. The molecule has 1 aliphatic carbocycles. The van der Waals surface area contributed by atoms with E-state index >= 15 is 0 Å². The van der Waals surface area contributed by atoms with Crippen molar-refractivity contribution in [3.63, 3.8) is 0 Å². The fourth-order valence-corrected chi connectivity index (χ4v) is 4.16. The Balaban J connectivity index is 1.58. The maximum atomic E-state index is 12.4. The van der Waals surface area contributed by atoms with Crippen LogP contribution in [0.25, 0.3) is 0 Å². The molecule has 3 rings (SSSR count). The van der Waals surface area contributed by atoms with Crippen molar-refractivity contribution >= 4 is 23.6 Å². The molecule has 2 fully saturated rings. The van der Waals surface area contributed by atoms with Crippen molar-refractivity contribution in [1.82, 2.24) is 20.1 Å². The average molecular weight is 295 g/mol. The van der Waals surface area contributed by atoms with E-state index in [0.717, 1.165) is 18.9 Å². The number of carbonyl (C=O) groups excluding carboxylic acids is 1. The Bertz CT molecular complexity index is 475. The van der Waals surface area contributed by atoms with Gasteiger partial charge in [-0.25, -0.2) is 5.10 Å². The summed E-state index contributed by atoms with van der Waals surface area (Å²) in [6.07, 6.45) is 7.49. The highest BCUT2D eigenvalue weighted by Gasteiger charge is 2.35. The van der Waals surface area contributed by atoms with Gasteiger partial charge in [0.25, 0.3) is 0 Å². The molecule has 110 valence electrons. The summed E-state index contributed by atoms with van der Waals surface area (Å²) in [5.74, 6) is 1.64. The molecule has 0 spiro atoms. The molecule has 1 saturated heterocycles. The molecule has 2 aliphatic rings. The summed E-state index contributed by atoms with van der Waals surface area (Å²) >= 11 is 1.36. The SMILES string of the molecule is Nc1nc(SCC(=O)N2CCC[C@H]3CCCC[C@H]32)n[nH]1. The summed E-state index contributed by atoms with van der Waals surface area (Å²) in [6, 6.07) is 0.475. The van der Waals surface area contributed by atoms with Crippen LogP contribution in [0.2, 0.25) is 0 Å². The fourth-order valence-electron chi connectivity index (χ4n) is 3.47. The standard InChI is InChI=1S/C13H21N5OS/c14-12-15-13(17-16-12)20-8-11(19)18-7-3-5-9-4-1-2-6-10(9)18/h9-10H,1-8H2,(H3,14,15,16,17)/t9-,10-/m1/s1. The third-order valence-corrected chi connectivity index (χ3v) is 5.20. The van der Waals surface area contributed by atoms with Gasteiger partial charge >= 0.3 is 0 Å². The van der Waals surface area contributed by atoms with Crippen molar-refractivity contribution in [2.45, 2.75) is 49.7 Å². The van der Waals surface area contributed by atoms with Crippen LogP contribution in [-0.2, 0) is 4.79 Å². The highest BCUT2D eigenvalue weighted by molar-refractivity contribution is 7.99. The second-order valence-corrected chi connectivity index (χ2v) is 6.58. The van der Waals surface area contributed by atoms with E-state index in [-0.39, 0.29) is 5.91 Å². The molecule has 20 heavy (non-hydrogen) atoms. The van der Waals surface area contributed by atoms with Crippen LogP contribution in [0.4, 0.5) is 5.95 Å². The zero-order chi connectivity index (χ0) is 13.9. The van der Waals surface area contributed by atoms with Gasteiger partial charge in [0.1, 0.15) is 0 Å². The molecule has 2 heterocycles. The summed E-state index contributed by atoms with van der Waals surface area (Å²) in [7, 11) is 0. The van der Waals surface area contributed by atoms with Gasteiger partial charge in [-0.2, -0.15) is 4.98 Å². The molecule has 0 aromatic carbocycles. The lowest BCUT2D eigenvalue weighted by molar-refractivity contribution is -0.134. The molecule has 1 amide bonds. The molecule has 0 bridgehead atoms. The van der Waals surface area contributed by atoms with Gasteiger partial charge in [0.15, 0.2) is 0 Å². The number of H-pyrrole nitrogens is 1. The predicted molar refractivity (Wildman–Crippen MR) is 78.2 cm³/mol. The number of carbonyl (C=O) groups is 1. The number of hydrogen-bond donors (Lipinski definition) is 2. The van der Waals surface area contributed by atoms with Gasteiger partial charge in [0.05, 0.1) is 5.75 Å². The maximum absolute atomic E-state index is 12.4. The smallest absolute Gasteiger partial charge is 0.233 e. The van der Waals surface area contributed by atoms with Gasteiger partial charge in [-0.3, -0.25) is 4.79 Å². The summed E-state index contributed by atoms with van der Waals surface area (Å²) in [5, 5.41) is 7.08. The monoisotopic (exact) mass is 295 g/mol. The number of amides is 1. The molecule has 1 aromatic rings. The van der Waals surface area contributed by atoms with E-state index in [2.05, 4.69) is 20.1 Å². The number of nitrogens with two attached hydrogens (primary N) is 1. The molecule has 2 atom stereocenters. The van der Waals surface area contributed by atoms with Crippen LogP contribution < -0.4 is 5.73 Å². The van der Waals surface area contributed by atoms with E-state index in [0.29, 0.717) is 22.9 Å². The molecule has 6 nitrogen and oxygen atoms in total. The number of rotatable bonds is 3. The Morgan fingerprint density at radius 2 is 2.15 bits per heavy atom. The molecule has 0 radical (unpaired) electrons. The minimum atomic E-state index is 0.218. The number of aromatic amines is 1. The lowest BCUT2D eigenvalue weighted by atomic mass is 9.78. The molecule has 3 N–H and O–H groups in total. The highest BCUT2D eigenvalue weighted by atomic mass is 32.2. The van der Waals surface area contributed by atoms with Crippen molar-refractivity contribution in [2.24, 2.45) is 5.92 Å². The Morgan fingerprint density at radius 3 is 2.95 bits per heavy atom. The summed E-state index contributed by atoms with van der Waals surface area (Å²) in [4.78, 5) is 18.6. The first-order chi connectivity index (χ1) is 9.74. The number of nitrogen functional groups attached to an aromatic ring is 1. The number of hydrogen-bond acceptors (Lipinski definition) is 5. The van der Waals surface area contributed by atoms with Crippen molar-refractivity contribution < 1.29 is 4.79 Å². The zero-order valence-electron chi connectivity index (χ0n) is 11.5. The van der Waals surface area contributed by atoms with Crippen LogP contribution in [-0.4, -0.2) is 44.3 Å². The Morgan fingerprint density at radius 1 is 1.35 bits per heavy atom. The van der Waals surface area contributed by atoms with Crippen molar-refractivity contribution in [2.75, 3.05) is 18.0 Å². The van der Waals surface area contributed by atoms with Crippen LogP contribution in [0, 0.1) is 5.92 Å². The largest absolute Gasteiger partial charge is 0.368 e. The highest BCUT2D eigenvalue weighted by Crippen LogP contribution is 2.35. The number of likely N-dealkylation sites (tertiary alicyclic amines) is 1. The van der Waals surface area contributed by atoms with Gasteiger partial charge < -0.3 is 10.6 Å². The first-order valence-corrected chi connectivity index (χ1v) is 8.33. The summed E-state index contributed by atoms with van der Waals surface area (Å²) in [5.41, 5.74) is 5.48. The third kappa shape index (κ3) is 2.92. The van der Waals surface area contributed by atoms with Crippen LogP contribution in [0.15, 0.2) is 5.16 Å². The van der Waals surface area contributed by atoms with E-state index < -0.39 is 0 Å². The molecule has 1 aliphatic heterocycles. The quantitative estimate of drug-likeness (QED) is 0.828. The first kappa shape index (κ1) is 13.7. The molecule has 7 heteroatoms. The molecule has 1 aromatic heterocycles. The number of nitrogens with zero attached hydrogens (tertiary/aromatic N) is 3. The maximum Gasteiger partial charge on any atom is 0.233 e. The lowest BCUT2D eigenvalue weighted by Gasteiger charge is -2.44. The minimum absolute atomic E-state index is 0.218. The number of fused-ring (bicyclic) bond motifs is 1. The number of aromatic nitrogens is 3. The topological polar surface area (TPSA) is 87.9 Å². The van der Waals surface area contributed by atoms with Gasteiger partial charge in [-0.15, -0.1) is 5.10 Å². The number of anilines is 1. The fraction of sp³-hybridized carbons (Fsp3) is 0.769. The first-order valence-electron chi connectivity index (χ1n) is 7.34. The van der Waals surface area contributed by atoms with Crippen molar-refractivity contribution in [3.8, 4) is 0 Å². The normalized spacial score (nSPS) is 26.3. The van der Waals surface area contributed by atoms with Crippen LogP contribution >= 0.6 is 11.8 Å². The van der Waals surface area contributed by atoms with Gasteiger partial charge in [0, 0.05) is 12.6 Å². The number of thioether (sulfide) groups is 1. The summed E-state index contributed by atoms with van der Waals surface area (Å²) < 4.78 is 0. The van der Waals surface area contributed by atoms with E-state index in [1.165, 1.54) is 43.9 Å². The van der Waals surface area contributed by atoms with E-state index in [1.807, 2.05) is 0 Å². The second-order valence-electron chi connectivity index (χ2n) is 5.63. The molecule has 0 unspecified atom stereocenters. The second kappa shape index (κ2) is 6.03. The number of piperidine rings is 1. The van der Waals surface area contributed by atoms with Gasteiger partial charge in [-0.1, -0.05) is 24.6 Å². The zero-order valence-corrected chi connectivity index (χ0v) is 12.4. The Hall–Kier alpha value is -1.24. The van der Waals surface area contributed by atoms with E-state index in [9.17, 15) is 4.79 Å². The van der Waals surface area contributed by atoms with Crippen LogP contribution in [0.5, 0.6) is 0 Å². The molecular formula is C13H21N5OS. The Labute approximate surface area is 122 Å². The predicted octanol–water partition coefficient (Wildman–Crippen LogP) is 1.66. The molecule has 1 saturated carbocycles. The van der Waals surface area contributed by atoms with Crippen molar-refractivity contribution in [3.05, 3.63) is 0 Å². The third-order valence-electron chi connectivity index (χ3n) is 4.37. The minimum Gasteiger partial charge on any atom is -0.368 e. The van der Waals surface area contributed by atoms with Gasteiger partial charge in [0.2, 0.25) is 17.0 Å². The van der Waals surface area contributed by atoms with E-state index in [4.69, 9.17) is 5.73 Å². The summed E-state index contributed by atoms with van der Waals surface area (Å²) in [6.45, 7) is 0.913. The lowest BCUT2D eigenvalue weighted by Crippen LogP contribution is -2.50.